The Bertz CT molecular complexity index is 1760. The number of ether oxygens (including phenoxy) is 2. The highest BCUT2D eigenvalue weighted by molar-refractivity contribution is 6.42. The van der Waals surface area contributed by atoms with Gasteiger partial charge in [0.15, 0.2) is 0 Å². The summed E-state index contributed by atoms with van der Waals surface area (Å²) in [6.07, 6.45) is -8.23. The minimum absolute atomic E-state index is 0.0104. The van der Waals surface area contributed by atoms with Gasteiger partial charge < -0.3 is 24.4 Å². The van der Waals surface area contributed by atoms with E-state index in [9.17, 15) is 41.0 Å². The van der Waals surface area contributed by atoms with Gasteiger partial charge in [-0.25, -0.2) is 4.79 Å². The first-order valence-corrected chi connectivity index (χ1v) is 17.1. The van der Waals surface area contributed by atoms with E-state index in [-0.39, 0.29) is 47.3 Å². The number of carbonyl (C=O) groups is 2. The number of benzene rings is 3. The fourth-order valence-electron chi connectivity index (χ4n) is 7.72. The second-order valence-corrected chi connectivity index (χ2v) is 14.1. The van der Waals surface area contributed by atoms with Crippen LogP contribution in [0.15, 0.2) is 60.7 Å². The average Bonchev–Trinajstić information content (AvgIpc) is 3.39. The number of morpholine rings is 1. The fraction of sp³-hybridized carbons (Fsp3) is 0.444. The van der Waals surface area contributed by atoms with Crippen molar-refractivity contribution in [3.05, 3.63) is 104 Å². The second kappa shape index (κ2) is 14.2. The summed E-state index contributed by atoms with van der Waals surface area (Å²) in [4.78, 5) is 28.5. The maximum absolute atomic E-state index is 13.7. The number of rotatable bonds is 8. The topological polar surface area (TPSA) is 79.3 Å². The maximum atomic E-state index is 13.7. The molecule has 0 radical (unpaired) electrons. The van der Waals surface area contributed by atoms with Gasteiger partial charge >= 0.3 is 18.3 Å². The van der Waals surface area contributed by atoms with E-state index in [0.717, 1.165) is 11.1 Å². The molecule has 2 fully saturated rings. The monoisotopic (exact) mass is 758 g/mol. The number of fused-ring (bicyclic) bond motifs is 2. The molecule has 3 aromatic rings. The summed E-state index contributed by atoms with van der Waals surface area (Å²) in [6.45, 7) is 1.04. The molecule has 51 heavy (non-hydrogen) atoms. The molecule has 1 amide bonds. The van der Waals surface area contributed by atoms with E-state index >= 15 is 0 Å². The van der Waals surface area contributed by atoms with Crippen LogP contribution in [-0.2, 0) is 44.1 Å². The highest BCUT2D eigenvalue weighted by Crippen LogP contribution is 2.48. The number of carboxylic acids is 1. The number of likely N-dealkylation sites (tertiary alicyclic amines) is 1. The lowest BCUT2D eigenvalue weighted by atomic mass is 9.72. The Morgan fingerprint density at radius 3 is 2.20 bits per heavy atom. The van der Waals surface area contributed by atoms with E-state index in [2.05, 4.69) is 11.0 Å². The molecule has 1 N–H and O–H groups in total. The van der Waals surface area contributed by atoms with Gasteiger partial charge in [-0.3, -0.25) is 4.79 Å². The molecule has 0 saturated carbocycles. The maximum Gasteiger partial charge on any atom is 0.416 e. The zero-order valence-electron chi connectivity index (χ0n) is 27.1. The van der Waals surface area contributed by atoms with Crippen molar-refractivity contribution in [1.29, 1.82) is 0 Å². The van der Waals surface area contributed by atoms with Gasteiger partial charge in [0.25, 0.3) is 5.91 Å². The SMILES string of the molecule is O=C(O)CO[C@H]1Cc2ccccc2C12CCN(CC[C@]1(c3ccc(Cl)c(Cl)c3)CN(C(=O)c3cc(C(F)(F)F)cc(C(F)(F)F)c3)CCO1)CC2. The number of amides is 1. The van der Waals surface area contributed by atoms with Crippen molar-refractivity contribution in [3.63, 3.8) is 0 Å². The van der Waals surface area contributed by atoms with Crippen molar-refractivity contribution < 1.29 is 50.5 Å². The molecule has 1 aliphatic carbocycles. The standard InChI is InChI=1S/C36H34Cl2F6N2O5/c37-28-6-5-24(19-29(28)38)34(21-46(13-14-51-34)32(49)23-15-25(35(39,40)41)18-26(16-23)36(42,43)44)9-12-45-10-7-33(8-11-45)27-4-2-1-3-22(27)17-30(33)50-20-31(47)48/h1-6,15-16,18-19,30H,7-14,17,20-21H2,(H,47,48)/t30-,34+/m0/s1. The predicted octanol–water partition coefficient (Wildman–Crippen LogP) is 7.85. The first kappa shape index (κ1) is 37.4. The first-order valence-electron chi connectivity index (χ1n) is 16.3. The van der Waals surface area contributed by atoms with Gasteiger partial charge in [0.05, 0.1) is 40.4 Å². The van der Waals surface area contributed by atoms with Crippen LogP contribution in [0.25, 0.3) is 0 Å². The molecule has 7 nitrogen and oxygen atoms in total. The largest absolute Gasteiger partial charge is 0.480 e. The van der Waals surface area contributed by atoms with Crippen molar-refractivity contribution in [2.75, 3.05) is 45.9 Å². The third kappa shape index (κ3) is 7.73. The van der Waals surface area contributed by atoms with Crippen LogP contribution in [0.5, 0.6) is 0 Å². The van der Waals surface area contributed by atoms with Gasteiger partial charge in [-0.2, -0.15) is 26.3 Å². The summed E-state index contributed by atoms with van der Waals surface area (Å²) in [5, 5.41) is 9.77. The predicted molar refractivity (Wildman–Crippen MR) is 176 cm³/mol. The number of alkyl halides is 6. The van der Waals surface area contributed by atoms with Crippen molar-refractivity contribution in [1.82, 2.24) is 9.80 Å². The highest BCUT2D eigenvalue weighted by atomic mass is 35.5. The van der Waals surface area contributed by atoms with Crippen LogP contribution in [0.3, 0.4) is 0 Å². The van der Waals surface area contributed by atoms with E-state index in [1.165, 1.54) is 4.90 Å². The number of carbonyl (C=O) groups excluding carboxylic acids is 1. The first-order chi connectivity index (χ1) is 24.0. The molecule has 0 bridgehead atoms. The molecular weight excluding hydrogens is 725 g/mol. The number of carboxylic acid groups (broad SMARTS) is 1. The van der Waals surface area contributed by atoms with E-state index in [0.29, 0.717) is 63.0 Å². The molecular formula is C36H34Cl2F6N2O5. The number of hydrogen-bond donors (Lipinski definition) is 1. The molecule has 6 rings (SSSR count). The summed E-state index contributed by atoms with van der Waals surface area (Å²) >= 11 is 12.6. The van der Waals surface area contributed by atoms with Crippen LogP contribution in [0, 0.1) is 0 Å². The Morgan fingerprint density at radius 2 is 1.57 bits per heavy atom. The second-order valence-electron chi connectivity index (χ2n) is 13.3. The number of halogens is 8. The minimum atomic E-state index is -5.11. The summed E-state index contributed by atoms with van der Waals surface area (Å²) < 4.78 is 94.0. The lowest BCUT2D eigenvalue weighted by molar-refractivity contribution is -0.146. The fourth-order valence-corrected chi connectivity index (χ4v) is 8.01. The van der Waals surface area contributed by atoms with Crippen LogP contribution >= 0.6 is 23.2 Å². The zero-order chi connectivity index (χ0) is 36.8. The van der Waals surface area contributed by atoms with Gasteiger partial charge in [0.2, 0.25) is 0 Å². The third-order valence-electron chi connectivity index (χ3n) is 10.3. The van der Waals surface area contributed by atoms with E-state index < -0.39 is 53.1 Å². The molecule has 2 atom stereocenters. The van der Waals surface area contributed by atoms with Gasteiger partial charge in [-0.1, -0.05) is 53.5 Å². The molecule has 15 heteroatoms. The molecule has 2 aliphatic heterocycles. The minimum Gasteiger partial charge on any atom is -0.480 e. The van der Waals surface area contributed by atoms with E-state index in [1.54, 1.807) is 18.2 Å². The zero-order valence-corrected chi connectivity index (χ0v) is 28.6. The summed E-state index contributed by atoms with van der Waals surface area (Å²) in [7, 11) is 0. The molecule has 1 spiro atoms. The Hall–Kier alpha value is -3.36. The van der Waals surface area contributed by atoms with Crippen LogP contribution < -0.4 is 0 Å². The average molecular weight is 760 g/mol. The Kier molecular flexibility index (Phi) is 10.4. The molecule has 2 heterocycles. The normalized spacial score (nSPS) is 22.3. The van der Waals surface area contributed by atoms with Gasteiger partial charge in [0.1, 0.15) is 12.2 Å². The van der Waals surface area contributed by atoms with E-state index in [1.807, 2.05) is 18.2 Å². The smallest absolute Gasteiger partial charge is 0.416 e. The van der Waals surface area contributed by atoms with E-state index in [4.69, 9.17) is 32.7 Å². The van der Waals surface area contributed by atoms with Crippen LogP contribution in [0.4, 0.5) is 26.3 Å². The van der Waals surface area contributed by atoms with Crippen molar-refractivity contribution in [3.8, 4) is 0 Å². The molecule has 3 aliphatic rings. The summed E-state index contributed by atoms with van der Waals surface area (Å²) in [5.41, 5.74) is -2.65. The molecule has 3 aromatic carbocycles. The van der Waals surface area contributed by atoms with Crippen molar-refractivity contribution in [2.45, 2.75) is 55.2 Å². The number of hydrogen-bond acceptors (Lipinski definition) is 5. The third-order valence-corrected chi connectivity index (χ3v) is 11.1. The lowest BCUT2D eigenvalue weighted by Crippen LogP contribution is -2.54. The number of nitrogens with zero attached hydrogens (tertiary/aromatic N) is 2. The number of aliphatic carboxylic acids is 1. The molecule has 0 unspecified atom stereocenters. The molecule has 0 aromatic heterocycles. The van der Waals surface area contributed by atoms with Gasteiger partial charge in [0, 0.05) is 24.1 Å². The summed E-state index contributed by atoms with van der Waals surface area (Å²) in [5.74, 6) is -2.04. The molecule has 2 saturated heterocycles. The van der Waals surface area contributed by atoms with Gasteiger partial charge in [-0.15, -0.1) is 0 Å². The van der Waals surface area contributed by atoms with Crippen LogP contribution in [-0.4, -0.2) is 78.8 Å². The number of piperidine rings is 1. The Balaban J connectivity index is 1.24. The van der Waals surface area contributed by atoms with Crippen LogP contribution in [0.1, 0.15) is 57.4 Å². The Morgan fingerprint density at radius 1 is 0.902 bits per heavy atom. The molecule has 274 valence electrons. The van der Waals surface area contributed by atoms with Gasteiger partial charge in [-0.05, 0) is 85.8 Å². The van der Waals surface area contributed by atoms with Crippen molar-refractivity contribution >= 4 is 35.1 Å². The van der Waals surface area contributed by atoms with Crippen molar-refractivity contribution in [2.24, 2.45) is 0 Å². The highest BCUT2D eigenvalue weighted by Gasteiger charge is 2.50. The summed E-state index contributed by atoms with van der Waals surface area (Å²) in [6, 6.07) is 13.7. The quantitative estimate of drug-likeness (QED) is 0.236. The Labute approximate surface area is 300 Å². The lowest BCUT2D eigenvalue weighted by Gasteiger charge is -2.46. The van der Waals surface area contributed by atoms with Crippen LogP contribution in [0.2, 0.25) is 10.0 Å².